The van der Waals surface area contributed by atoms with E-state index in [-0.39, 0.29) is 6.04 Å². The van der Waals surface area contributed by atoms with Crippen LogP contribution in [0, 0.1) is 5.41 Å². The maximum atomic E-state index is 6.25. The standard InChI is InChI=1S/C14H23BrN2S/c1-10(16)13(12-7-11(15)8-18-12)17-6-4-5-14(2,3)9-17/h7-8,10,13H,4-6,9,16H2,1-3H3. The first-order chi connectivity index (χ1) is 8.39. The van der Waals surface area contributed by atoms with Crippen LogP contribution >= 0.6 is 27.3 Å². The van der Waals surface area contributed by atoms with Crippen LogP contribution in [0.1, 0.15) is 44.5 Å². The van der Waals surface area contributed by atoms with Crippen LogP contribution in [0.5, 0.6) is 0 Å². The van der Waals surface area contributed by atoms with Gasteiger partial charge in [-0.05, 0) is 53.7 Å². The van der Waals surface area contributed by atoms with Gasteiger partial charge < -0.3 is 5.73 Å². The quantitative estimate of drug-likeness (QED) is 0.906. The molecule has 0 bridgehead atoms. The zero-order valence-electron chi connectivity index (χ0n) is 11.4. The summed E-state index contributed by atoms with van der Waals surface area (Å²) < 4.78 is 1.17. The van der Waals surface area contributed by atoms with Crippen molar-refractivity contribution in [1.82, 2.24) is 4.90 Å². The molecule has 0 amide bonds. The monoisotopic (exact) mass is 330 g/mol. The zero-order valence-corrected chi connectivity index (χ0v) is 13.9. The summed E-state index contributed by atoms with van der Waals surface area (Å²) in [7, 11) is 0. The molecule has 1 aliphatic rings. The average Bonchev–Trinajstić information content (AvgIpc) is 2.63. The van der Waals surface area contributed by atoms with Crippen LogP contribution < -0.4 is 5.73 Å². The molecule has 2 N–H and O–H groups in total. The molecule has 0 aliphatic carbocycles. The Labute approximate surface area is 123 Å². The minimum atomic E-state index is 0.171. The molecule has 2 heterocycles. The van der Waals surface area contributed by atoms with Crippen molar-refractivity contribution < 1.29 is 0 Å². The van der Waals surface area contributed by atoms with Gasteiger partial charge in [0.15, 0.2) is 0 Å². The van der Waals surface area contributed by atoms with E-state index < -0.39 is 0 Å². The molecule has 0 aromatic carbocycles. The number of piperidine rings is 1. The molecule has 1 saturated heterocycles. The van der Waals surface area contributed by atoms with Gasteiger partial charge in [0, 0.05) is 27.3 Å². The first-order valence-electron chi connectivity index (χ1n) is 6.63. The van der Waals surface area contributed by atoms with E-state index in [1.807, 2.05) is 11.3 Å². The fourth-order valence-electron chi connectivity index (χ4n) is 2.96. The van der Waals surface area contributed by atoms with E-state index in [0.29, 0.717) is 11.5 Å². The van der Waals surface area contributed by atoms with Crippen LogP contribution in [-0.2, 0) is 0 Å². The van der Waals surface area contributed by atoms with Crippen molar-refractivity contribution in [2.45, 2.75) is 45.7 Å². The fraction of sp³-hybridized carbons (Fsp3) is 0.714. The topological polar surface area (TPSA) is 29.3 Å². The molecule has 1 fully saturated rings. The highest BCUT2D eigenvalue weighted by molar-refractivity contribution is 9.10. The first-order valence-corrected chi connectivity index (χ1v) is 8.30. The highest BCUT2D eigenvalue weighted by Crippen LogP contribution is 2.37. The highest BCUT2D eigenvalue weighted by Gasteiger charge is 2.33. The van der Waals surface area contributed by atoms with Crippen LogP contribution in [0.2, 0.25) is 0 Å². The van der Waals surface area contributed by atoms with Gasteiger partial charge in [0.2, 0.25) is 0 Å². The van der Waals surface area contributed by atoms with E-state index in [4.69, 9.17) is 5.73 Å². The Bertz CT molecular complexity index is 400. The molecule has 0 spiro atoms. The predicted octanol–water partition coefficient (Wildman–Crippen LogP) is 4.02. The summed E-state index contributed by atoms with van der Waals surface area (Å²) in [4.78, 5) is 3.96. The summed E-state index contributed by atoms with van der Waals surface area (Å²) in [5.41, 5.74) is 6.66. The number of halogens is 1. The second kappa shape index (κ2) is 5.61. The van der Waals surface area contributed by atoms with Crippen LogP contribution in [0.25, 0.3) is 0 Å². The SMILES string of the molecule is CC(N)C(c1cc(Br)cs1)N1CCCC(C)(C)C1. The summed E-state index contributed by atoms with van der Waals surface area (Å²) in [6.07, 6.45) is 2.60. The number of thiophene rings is 1. The third-order valence-electron chi connectivity index (χ3n) is 3.70. The molecular weight excluding hydrogens is 308 g/mol. The Morgan fingerprint density at radius 3 is 2.72 bits per heavy atom. The molecule has 2 nitrogen and oxygen atoms in total. The van der Waals surface area contributed by atoms with Crippen molar-refractivity contribution in [1.29, 1.82) is 0 Å². The number of nitrogens with zero attached hydrogens (tertiary/aromatic N) is 1. The van der Waals surface area contributed by atoms with Crippen LogP contribution in [0.15, 0.2) is 15.9 Å². The molecular formula is C14H23BrN2S. The Kier molecular flexibility index (Phi) is 4.52. The number of nitrogens with two attached hydrogens (primary N) is 1. The van der Waals surface area contributed by atoms with Gasteiger partial charge in [-0.25, -0.2) is 0 Å². The van der Waals surface area contributed by atoms with E-state index in [2.05, 4.69) is 53.0 Å². The Morgan fingerprint density at radius 1 is 1.50 bits per heavy atom. The molecule has 1 aromatic heterocycles. The third-order valence-corrected chi connectivity index (χ3v) is 5.46. The van der Waals surface area contributed by atoms with Gasteiger partial charge in [0.25, 0.3) is 0 Å². The van der Waals surface area contributed by atoms with Gasteiger partial charge in [0.1, 0.15) is 0 Å². The van der Waals surface area contributed by atoms with Gasteiger partial charge in [-0.2, -0.15) is 0 Å². The smallest absolute Gasteiger partial charge is 0.0591 e. The van der Waals surface area contributed by atoms with Gasteiger partial charge in [-0.15, -0.1) is 11.3 Å². The van der Waals surface area contributed by atoms with Gasteiger partial charge in [-0.1, -0.05) is 13.8 Å². The lowest BCUT2D eigenvalue weighted by Gasteiger charge is -2.43. The van der Waals surface area contributed by atoms with Gasteiger partial charge in [0.05, 0.1) is 6.04 Å². The molecule has 1 aromatic rings. The number of hydrogen-bond acceptors (Lipinski definition) is 3. The lowest BCUT2D eigenvalue weighted by Crippen LogP contribution is -2.46. The lowest BCUT2D eigenvalue weighted by molar-refractivity contribution is 0.0703. The van der Waals surface area contributed by atoms with Crippen molar-refractivity contribution in [3.8, 4) is 0 Å². The van der Waals surface area contributed by atoms with E-state index in [0.717, 1.165) is 6.54 Å². The van der Waals surface area contributed by atoms with Crippen LogP contribution in [0.4, 0.5) is 0 Å². The maximum absolute atomic E-state index is 6.25. The van der Waals surface area contributed by atoms with Crippen molar-refractivity contribution in [3.05, 3.63) is 20.8 Å². The summed E-state index contributed by atoms with van der Waals surface area (Å²) >= 11 is 5.36. The average molecular weight is 331 g/mol. The summed E-state index contributed by atoms with van der Waals surface area (Å²) in [6.45, 7) is 9.17. The van der Waals surface area contributed by atoms with Gasteiger partial charge in [-0.3, -0.25) is 4.90 Å². The second-order valence-electron chi connectivity index (χ2n) is 6.21. The molecule has 4 heteroatoms. The molecule has 102 valence electrons. The Morgan fingerprint density at radius 2 is 2.22 bits per heavy atom. The van der Waals surface area contributed by atoms with Crippen LogP contribution in [0.3, 0.4) is 0 Å². The molecule has 2 rings (SSSR count). The largest absolute Gasteiger partial charge is 0.326 e. The summed E-state index contributed by atoms with van der Waals surface area (Å²) in [5, 5.41) is 2.15. The van der Waals surface area contributed by atoms with E-state index in [1.165, 1.54) is 28.7 Å². The molecule has 2 atom stereocenters. The molecule has 0 radical (unpaired) electrons. The summed E-state index contributed by atoms with van der Waals surface area (Å²) in [5.74, 6) is 0. The predicted molar refractivity (Wildman–Crippen MR) is 83.0 cm³/mol. The minimum absolute atomic E-state index is 0.171. The molecule has 18 heavy (non-hydrogen) atoms. The Balaban J connectivity index is 2.20. The van der Waals surface area contributed by atoms with Crippen molar-refractivity contribution in [3.63, 3.8) is 0 Å². The van der Waals surface area contributed by atoms with Crippen molar-refractivity contribution in [2.75, 3.05) is 13.1 Å². The lowest BCUT2D eigenvalue weighted by atomic mass is 9.83. The van der Waals surface area contributed by atoms with E-state index in [9.17, 15) is 0 Å². The highest BCUT2D eigenvalue weighted by atomic mass is 79.9. The third kappa shape index (κ3) is 3.35. The minimum Gasteiger partial charge on any atom is -0.326 e. The maximum Gasteiger partial charge on any atom is 0.0591 e. The zero-order chi connectivity index (χ0) is 13.3. The van der Waals surface area contributed by atoms with Crippen LogP contribution in [-0.4, -0.2) is 24.0 Å². The number of likely N-dealkylation sites (tertiary alicyclic amines) is 1. The van der Waals surface area contributed by atoms with E-state index in [1.54, 1.807) is 0 Å². The molecule has 1 aliphatic heterocycles. The number of hydrogen-bond donors (Lipinski definition) is 1. The van der Waals surface area contributed by atoms with Gasteiger partial charge >= 0.3 is 0 Å². The van der Waals surface area contributed by atoms with E-state index >= 15 is 0 Å². The fourth-order valence-corrected chi connectivity index (χ4v) is 4.65. The number of rotatable bonds is 3. The van der Waals surface area contributed by atoms with Crippen molar-refractivity contribution >= 4 is 27.3 Å². The van der Waals surface area contributed by atoms with Crippen molar-refractivity contribution in [2.24, 2.45) is 11.1 Å². The second-order valence-corrected chi connectivity index (χ2v) is 8.07. The summed E-state index contributed by atoms with van der Waals surface area (Å²) in [6, 6.07) is 2.76. The normalized spacial score (nSPS) is 23.8. The first kappa shape index (κ1) is 14.5. The Hall–Kier alpha value is 0.1000. The molecule has 0 saturated carbocycles. The molecule has 2 unspecified atom stereocenters.